The second kappa shape index (κ2) is 7.45. The highest BCUT2D eigenvalue weighted by molar-refractivity contribution is 6.04. The van der Waals surface area contributed by atoms with Gasteiger partial charge in [-0.25, -0.2) is 4.98 Å². The molecule has 0 aliphatic carbocycles. The summed E-state index contributed by atoms with van der Waals surface area (Å²) in [5.41, 5.74) is 2.51. The van der Waals surface area contributed by atoms with E-state index in [4.69, 9.17) is 9.47 Å². The Morgan fingerprint density at radius 2 is 2.04 bits per heavy atom. The van der Waals surface area contributed by atoms with Crippen molar-refractivity contribution in [2.45, 2.75) is 32.3 Å². The van der Waals surface area contributed by atoms with Crippen LogP contribution >= 0.6 is 0 Å². The number of hydrogen-bond donors (Lipinski definition) is 1. The quantitative estimate of drug-likeness (QED) is 0.911. The van der Waals surface area contributed by atoms with Crippen molar-refractivity contribution in [2.24, 2.45) is 0 Å². The fourth-order valence-electron chi connectivity index (χ4n) is 2.52. The molecule has 2 heterocycles. The summed E-state index contributed by atoms with van der Waals surface area (Å²) in [5.74, 6) is 0.802. The molecule has 1 saturated heterocycles. The van der Waals surface area contributed by atoms with Gasteiger partial charge in [0.2, 0.25) is 5.88 Å². The molecule has 1 amide bonds. The van der Waals surface area contributed by atoms with Crippen molar-refractivity contribution in [1.82, 2.24) is 4.98 Å². The van der Waals surface area contributed by atoms with Crippen LogP contribution in [0.1, 0.15) is 42.1 Å². The van der Waals surface area contributed by atoms with Gasteiger partial charge < -0.3 is 14.8 Å². The molecule has 1 aromatic carbocycles. The van der Waals surface area contributed by atoms with Crippen LogP contribution < -0.4 is 10.1 Å². The number of nitrogens with zero attached hydrogens (tertiary/aromatic N) is 1. The van der Waals surface area contributed by atoms with Gasteiger partial charge in [0, 0.05) is 24.4 Å². The number of amides is 1. The summed E-state index contributed by atoms with van der Waals surface area (Å²) in [7, 11) is 0. The molecule has 1 aromatic heterocycles. The van der Waals surface area contributed by atoms with Crippen LogP contribution in [0.15, 0.2) is 42.6 Å². The predicted octanol–water partition coefficient (Wildman–Crippen LogP) is 3.63. The van der Waals surface area contributed by atoms with Crippen LogP contribution in [-0.2, 0) is 4.74 Å². The normalized spacial score (nSPS) is 17.0. The summed E-state index contributed by atoms with van der Waals surface area (Å²) in [6.07, 6.45) is 2.45. The van der Waals surface area contributed by atoms with Crippen LogP contribution in [-0.4, -0.2) is 30.2 Å². The first-order chi connectivity index (χ1) is 11.6. The molecule has 5 heteroatoms. The molecule has 3 rings (SSSR count). The van der Waals surface area contributed by atoms with Crippen LogP contribution in [0.5, 0.6) is 5.88 Å². The molecule has 1 unspecified atom stereocenters. The number of benzene rings is 1. The molecule has 1 aliphatic rings. The lowest BCUT2D eigenvalue weighted by Gasteiger charge is -2.11. The number of nitrogens with one attached hydrogen (secondary N) is 1. The molecular formula is C19H22N2O3. The standard InChI is InChI=1S/C19H22N2O3/c1-13(2)14-3-6-16(7-4-14)21-19(22)15-5-8-18(20-11-15)24-17-9-10-23-12-17/h3-8,11,13,17H,9-10,12H2,1-2H3,(H,21,22). The maximum atomic E-state index is 12.3. The van der Waals surface area contributed by atoms with Crippen molar-refractivity contribution >= 4 is 11.6 Å². The van der Waals surface area contributed by atoms with Gasteiger partial charge in [-0.2, -0.15) is 0 Å². The van der Waals surface area contributed by atoms with E-state index >= 15 is 0 Å². The summed E-state index contributed by atoms with van der Waals surface area (Å²) in [4.78, 5) is 16.5. The minimum Gasteiger partial charge on any atom is -0.472 e. The molecule has 0 saturated carbocycles. The first-order valence-electron chi connectivity index (χ1n) is 8.23. The van der Waals surface area contributed by atoms with Crippen molar-refractivity contribution in [3.63, 3.8) is 0 Å². The Morgan fingerprint density at radius 1 is 1.25 bits per heavy atom. The molecule has 2 aromatic rings. The monoisotopic (exact) mass is 326 g/mol. The van der Waals surface area contributed by atoms with E-state index in [1.807, 2.05) is 24.3 Å². The summed E-state index contributed by atoms with van der Waals surface area (Å²) < 4.78 is 11.0. The van der Waals surface area contributed by atoms with Crippen molar-refractivity contribution in [2.75, 3.05) is 18.5 Å². The number of anilines is 1. The molecular weight excluding hydrogens is 304 g/mol. The van der Waals surface area contributed by atoms with Gasteiger partial charge in [0.15, 0.2) is 0 Å². The third-order valence-corrected chi connectivity index (χ3v) is 4.01. The molecule has 0 bridgehead atoms. The number of rotatable bonds is 5. The zero-order chi connectivity index (χ0) is 16.9. The van der Waals surface area contributed by atoms with Crippen molar-refractivity contribution in [3.05, 3.63) is 53.7 Å². The van der Waals surface area contributed by atoms with Gasteiger partial charge in [-0.1, -0.05) is 26.0 Å². The van der Waals surface area contributed by atoms with Crippen LogP contribution in [0.3, 0.4) is 0 Å². The fourth-order valence-corrected chi connectivity index (χ4v) is 2.52. The van der Waals surface area contributed by atoms with Gasteiger partial charge in [0.05, 0.1) is 18.8 Å². The van der Waals surface area contributed by atoms with Crippen LogP contribution in [0.2, 0.25) is 0 Å². The van der Waals surface area contributed by atoms with E-state index in [1.54, 1.807) is 12.1 Å². The molecule has 1 fully saturated rings. The van der Waals surface area contributed by atoms with Gasteiger partial charge in [0.1, 0.15) is 6.10 Å². The third-order valence-electron chi connectivity index (χ3n) is 4.01. The molecule has 0 spiro atoms. The minimum absolute atomic E-state index is 0.0525. The number of ether oxygens (including phenoxy) is 2. The molecule has 24 heavy (non-hydrogen) atoms. The maximum Gasteiger partial charge on any atom is 0.257 e. The van der Waals surface area contributed by atoms with E-state index in [0.29, 0.717) is 24.0 Å². The Bertz CT molecular complexity index is 675. The molecule has 5 nitrogen and oxygen atoms in total. The number of pyridine rings is 1. The summed E-state index contributed by atoms with van der Waals surface area (Å²) in [5, 5.41) is 2.88. The summed E-state index contributed by atoms with van der Waals surface area (Å²) in [6, 6.07) is 11.3. The number of hydrogen-bond acceptors (Lipinski definition) is 4. The van der Waals surface area contributed by atoms with E-state index in [1.165, 1.54) is 11.8 Å². The highest BCUT2D eigenvalue weighted by Crippen LogP contribution is 2.18. The largest absolute Gasteiger partial charge is 0.472 e. The molecule has 126 valence electrons. The Hall–Kier alpha value is -2.40. The van der Waals surface area contributed by atoms with Crippen LogP contribution in [0, 0.1) is 0 Å². The smallest absolute Gasteiger partial charge is 0.257 e. The average molecular weight is 326 g/mol. The van der Waals surface area contributed by atoms with E-state index in [9.17, 15) is 4.79 Å². The van der Waals surface area contributed by atoms with Gasteiger partial charge in [-0.3, -0.25) is 4.79 Å². The number of carbonyl (C=O) groups is 1. The van der Waals surface area contributed by atoms with E-state index < -0.39 is 0 Å². The van der Waals surface area contributed by atoms with Gasteiger partial charge >= 0.3 is 0 Å². The zero-order valence-corrected chi connectivity index (χ0v) is 14.0. The first-order valence-corrected chi connectivity index (χ1v) is 8.23. The lowest BCUT2D eigenvalue weighted by Crippen LogP contribution is -2.17. The van der Waals surface area contributed by atoms with Crippen molar-refractivity contribution in [1.29, 1.82) is 0 Å². The zero-order valence-electron chi connectivity index (χ0n) is 14.0. The van der Waals surface area contributed by atoms with E-state index in [2.05, 4.69) is 24.1 Å². The second-order valence-corrected chi connectivity index (χ2v) is 6.22. The highest BCUT2D eigenvalue weighted by atomic mass is 16.5. The lowest BCUT2D eigenvalue weighted by atomic mass is 10.0. The summed E-state index contributed by atoms with van der Waals surface area (Å²) in [6.45, 7) is 5.60. The average Bonchev–Trinajstić information content (AvgIpc) is 3.09. The molecule has 1 N–H and O–H groups in total. The topological polar surface area (TPSA) is 60.5 Å². The predicted molar refractivity (Wildman–Crippen MR) is 92.6 cm³/mol. The van der Waals surface area contributed by atoms with E-state index in [0.717, 1.165) is 18.7 Å². The highest BCUT2D eigenvalue weighted by Gasteiger charge is 2.17. The maximum absolute atomic E-state index is 12.3. The van der Waals surface area contributed by atoms with Crippen molar-refractivity contribution in [3.8, 4) is 5.88 Å². The Morgan fingerprint density at radius 3 is 2.62 bits per heavy atom. The van der Waals surface area contributed by atoms with Crippen molar-refractivity contribution < 1.29 is 14.3 Å². The molecule has 0 radical (unpaired) electrons. The summed E-state index contributed by atoms with van der Waals surface area (Å²) >= 11 is 0. The van der Waals surface area contributed by atoms with E-state index in [-0.39, 0.29) is 12.0 Å². The lowest BCUT2D eigenvalue weighted by molar-refractivity contribution is 0.102. The first kappa shape index (κ1) is 16.5. The SMILES string of the molecule is CC(C)c1ccc(NC(=O)c2ccc(OC3CCOC3)nc2)cc1. The Kier molecular flexibility index (Phi) is 5.11. The third kappa shape index (κ3) is 4.11. The Labute approximate surface area is 142 Å². The van der Waals surface area contributed by atoms with Crippen LogP contribution in [0.4, 0.5) is 5.69 Å². The second-order valence-electron chi connectivity index (χ2n) is 6.22. The Balaban J connectivity index is 1.60. The van der Waals surface area contributed by atoms with Crippen LogP contribution in [0.25, 0.3) is 0 Å². The fraction of sp³-hybridized carbons (Fsp3) is 0.368. The number of carbonyl (C=O) groups excluding carboxylic acids is 1. The minimum atomic E-state index is -0.185. The number of aromatic nitrogens is 1. The molecule has 1 aliphatic heterocycles. The molecule has 1 atom stereocenters. The van der Waals surface area contributed by atoms with Gasteiger partial charge in [-0.05, 0) is 29.7 Å². The van der Waals surface area contributed by atoms with Gasteiger partial charge in [-0.15, -0.1) is 0 Å². The van der Waals surface area contributed by atoms with Gasteiger partial charge in [0.25, 0.3) is 5.91 Å².